The van der Waals surface area contributed by atoms with Gasteiger partial charge < -0.3 is 5.11 Å². The van der Waals surface area contributed by atoms with Gasteiger partial charge in [-0.3, -0.25) is 0 Å². The smallest absolute Gasteiger partial charge is 0.338 e. The average Bonchev–Trinajstić information content (AvgIpc) is 2.74. The molecule has 1 aliphatic heterocycles. The van der Waals surface area contributed by atoms with Crippen molar-refractivity contribution >= 4 is 35.1 Å². The van der Waals surface area contributed by atoms with Gasteiger partial charge in [-0.2, -0.15) is 0 Å². The maximum atomic E-state index is 12.7. The van der Waals surface area contributed by atoms with Crippen LogP contribution in [0.5, 0.6) is 0 Å². The van der Waals surface area contributed by atoms with Gasteiger partial charge in [0.05, 0.1) is 9.81 Å². The predicted molar refractivity (Wildman–Crippen MR) is 65.3 cm³/mol. The van der Waals surface area contributed by atoms with E-state index in [1.54, 1.807) is 0 Å². The van der Waals surface area contributed by atoms with E-state index in [0.29, 0.717) is 9.80 Å². The third kappa shape index (κ3) is 2.31. The predicted octanol–water partition coefficient (Wildman–Crippen LogP) is 3.53. The molecule has 1 heterocycles. The maximum Gasteiger partial charge on any atom is 0.338 e. The minimum absolute atomic E-state index is 0.222. The molecular weight excluding hydrogens is 247 g/mol. The van der Waals surface area contributed by atoms with Crippen LogP contribution in [0.25, 0.3) is 5.57 Å². The number of benzene rings is 1. The molecule has 5 heteroatoms. The largest absolute Gasteiger partial charge is 0.478 e. The first kappa shape index (κ1) is 11.3. The molecule has 1 aromatic rings. The molecule has 1 aliphatic rings. The van der Waals surface area contributed by atoms with Gasteiger partial charge in [0.2, 0.25) is 0 Å². The summed E-state index contributed by atoms with van der Waals surface area (Å²) in [6.07, 6.45) is 0. The third-order valence-corrected chi connectivity index (χ3v) is 4.09. The van der Waals surface area contributed by atoms with Gasteiger partial charge in [-0.15, -0.1) is 0 Å². The van der Waals surface area contributed by atoms with E-state index >= 15 is 0 Å². The number of hydrogen-bond acceptors (Lipinski definition) is 3. The van der Waals surface area contributed by atoms with E-state index < -0.39 is 5.97 Å². The summed E-state index contributed by atoms with van der Waals surface area (Å²) in [6, 6.07) is 5.48. The summed E-state index contributed by atoms with van der Waals surface area (Å²) < 4.78 is 13.4. The van der Waals surface area contributed by atoms with Crippen LogP contribution in [0.3, 0.4) is 0 Å². The zero-order chi connectivity index (χ0) is 11.5. The van der Waals surface area contributed by atoms with Crippen LogP contribution in [0.4, 0.5) is 4.39 Å². The Morgan fingerprint density at radius 2 is 1.69 bits per heavy atom. The van der Waals surface area contributed by atoms with Crippen molar-refractivity contribution in [3.63, 3.8) is 0 Å². The van der Waals surface area contributed by atoms with Crippen molar-refractivity contribution in [3.8, 4) is 0 Å². The van der Waals surface area contributed by atoms with Crippen LogP contribution in [-0.4, -0.2) is 11.1 Å². The quantitative estimate of drug-likeness (QED) is 0.819. The number of aliphatic carboxylic acids is 1. The van der Waals surface area contributed by atoms with E-state index in [1.807, 2.05) is 10.8 Å². The number of halogens is 1. The van der Waals surface area contributed by atoms with Gasteiger partial charge in [-0.05, 0) is 28.5 Å². The lowest BCUT2D eigenvalue weighted by Crippen LogP contribution is -2.01. The first-order valence-corrected chi connectivity index (χ1v) is 6.16. The van der Waals surface area contributed by atoms with Gasteiger partial charge in [0.1, 0.15) is 5.82 Å². The number of carbonyl (C=O) groups is 1. The summed E-state index contributed by atoms with van der Waals surface area (Å²) in [5, 5.41) is 12.8. The number of thioether (sulfide) groups is 2. The Labute approximate surface area is 100 Å². The van der Waals surface area contributed by atoms with Crippen molar-refractivity contribution in [2.45, 2.75) is 0 Å². The van der Waals surface area contributed by atoms with Gasteiger partial charge in [0.25, 0.3) is 0 Å². The number of carboxylic acid groups (broad SMARTS) is 1. The summed E-state index contributed by atoms with van der Waals surface area (Å²) in [6.45, 7) is 0. The zero-order valence-corrected chi connectivity index (χ0v) is 9.65. The van der Waals surface area contributed by atoms with Crippen molar-refractivity contribution in [1.82, 2.24) is 0 Å². The Balaban J connectivity index is 2.45. The monoisotopic (exact) mass is 254 g/mol. The molecule has 0 atom stereocenters. The molecule has 2 rings (SSSR count). The zero-order valence-electron chi connectivity index (χ0n) is 8.01. The topological polar surface area (TPSA) is 37.3 Å². The molecule has 1 aromatic carbocycles. The molecule has 0 spiro atoms. The lowest BCUT2D eigenvalue weighted by atomic mass is 10.1. The lowest BCUT2D eigenvalue weighted by molar-refractivity contribution is -0.130. The van der Waals surface area contributed by atoms with Crippen LogP contribution in [-0.2, 0) is 4.79 Å². The van der Waals surface area contributed by atoms with Crippen LogP contribution in [0.1, 0.15) is 5.56 Å². The molecule has 0 aliphatic carbocycles. The van der Waals surface area contributed by atoms with Crippen LogP contribution in [0.15, 0.2) is 39.3 Å². The van der Waals surface area contributed by atoms with E-state index in [1.165, 1.54) is 47.8 Å². The highest BCUT2D eigenvalue weighted by Gasteiger charge is 2.18. The van der Waals surface area contributed by atoms with Crippen LogP contribution >= 0.6 is 23.5 Å². The summed E-state index contributed by atoms with van der Waals surface area (Å²) >= 11 is 2.73. The molecule has 0 unspecified atom stereocenters. The maximum absolute atomic E-state index is 12.7. The number of rotatable bonds is 2. The normalized spacial score (nSPS) is 14.2. The second-order valence-corrected chi connectivity index (χ2v) is 5.07. The Hall–Kier alpha value is -1.20. The van der Waals surface area contributed by atoms with Crippen molar-refractivity contribution in [2.75, 3.05) is 0 Å². The average molecular weight is 254 g/mol. The molecule has 2 nitrogen and oxygen atoms in total. The first-order chi connectivity index (χ1) is 7.68. The van der Waals surface area contributed by atoms with Crippen LogP contribution in [0, 0.1) is 5.82 Å². The molecule has 1 N–H and O–H groups in total. The van der Waals surface area contributed by atoms with Crippen LogP contribution in [0.2, 0.25) is 0 Å². The van der Waals surface area contributed by atoms with Crippen molar-refractivity contribution in [1.29, 1.82) is 0 Å². The molecule has 0 bridgehead atoms. The minimum atomic E-state index is -0.995. The van der Waals surface area contributed by atoms with E-state index in [2.05, 4.69) is 0 Å². The molecule has 0 amide bonds. The second kappa shape index (κ2) is 4.76. The van der Waals surface area contributed by atoms with E-state index in [9.17, 15) is 9.18 Å². The first-order valence-electron chi connectivity index (χ1n) is 4.40. The van der Waals surface area contributed by atoms with Gasteiger partial charge >= 0.3 is 5.97 Å². The molecule has 0 radical (unpaired) electrons. The number of hydrogen-bond donors (Lipinski definition) is 1. The molecule has 0 saturated heterocycles. The van der Waals surface area contributed by atoms with Gasteiger partial charge in [0.15, 0.2) is 0 Å². The lowest BCUT2D eigenvalue weighted by Gasteiger charge is -2.05. The molecule has 0 aromatic heterocycles. The highest BCUT2D eigenvalue weighted by atomic mass is 32.2. The fourth-order valence-electron chi connectivity index (χ4n) is 1.27. The SMILES string of the molecule is O=C(O)C(=C1SC=CS1)c1ccc(F)cc1. The fourth-order valence-corrected chi connectivity index (χ4v) is 3.16. The fraction of sp³-hybridized carbons (Fsp3) is 0. The molecule has 0 saturated carbocycles. The molecule has 0 fully saturated rings. The van der Waals surface area contributed by atoms with Crippen LogP contribution < -0.4 is 0 Å². The van der Waals surface area contributed by atoms with Crippen molar-refractivity contribution in [2.24, 2.45) is 0 Å². The van der Waals surface area contributed by atoms with E-state index in [-0.39, 0.29) is 11.4 Å². The Kier molecular flexibility index (Phi) is 3.36. The second-order valence-electron chi connectivity index (χ2n) is 2.98. The van der Waals surface area contributed by atoms with Crippen molar-refractivity contribution < 1.29 is 14.3 Å². The van der Waals surface area contributed by atoms with Crippen molar-refractivity contribution in [3.05, 3.63) is 50.7 Å². The van der Waals surface area contributed by atoms with E-state index in [4.69, 9.17) is 5.11 Å². The molecular formula is C11H7FO2S2. The van der Waals surface area contributed by atoms with Gasteiger partial charge in [0, 0.05) is 0 Å². The summed E-state index contributed by atoms with van der Waals surface area (Å²) in [7, 11) is 0. The molecule has 82 valence electrons. The minimum Gasteiger partial charge on any atom is -0.478 e. The standard InChI is InChI=1S/C11H7FO2S2/c12-8-3-1-7(2-4-8)9(10(13)14)11-15-5-6-16-11/h1-6H,(H,13,14). The highest BCUT2D eigenvalue weighted by Crippen LogP contribution is 2.42. The molecule has 16 heavy (non-hydrogen) atoms. The summed E-state index contributed by atoms with van der Waals surface area (Å²) in [5.74, 6) is -1.37. The summed E-state index contributed by atoms with van der Waals surface area (Å²) in [4.78, 5) is 11.2. The van der Waals surface area contributed by atoms with Gasteiger partial charge in [-0.1, -0.05) is 35.7 Å². The van der Waals surface area contributed by atoms with E-state index in [0.717, 1.165) is 0 Å². The number of carboxylic acids is 1. The Morgan fingerprint density at radius 3 is 2.19 bits per heavy atom. The summed E-state index contributed by atoms with van der Waals surface area (Å²) in [5.41, 5.74) is 0.743. The highest BCUT2D eigenvalue weighted by molar-refractivity contribution is 8.27. The Bertz CT molecular complexity index is 467. The Morgan fingerprint density at radius 1 is 1.12 bits per heavy atom. The third-order valence-electron chi connectivity index (χ3n) is 1.96. The van der Waals surface area contributed by atoms with Gasteiger partial charge in [-0.25, -0.2) is 9.18 Å².